The Morgan fingerprint density at radius 2 is 2.26 bits per heavy atom. The molecule has 0 saturated carbocycles. The van der Waals surface area contributed by atoms with Gasteiger partial charge in [-0.05, 0) is 6.92 Å². The number of carbonyl (C=O) groups is 2. The zero-order chi connectivity index (χ0) is 13.7. The molecule has 7 nitrogen and oxygen atoms in total. The molecule has 3 rings (SSSR count). The van der Waals surface area contributed by atoms with Crippen molar-refractivity contribution in [3.05, 3.63) is 15.7 Å². The molecule has 3 N–H and O–H groups in total. The third-order valence-corrected chi connectivity index (χ3v) is 5.20. The Bertz CT molecular complexity index is 612. The van der Waals surface area contributed by atoms with Gasteiger partial charge >= 0.3 is 5.97 Å². The van der Waals surface area contributed by atoms with Gasteiger partial charge in [0.05, 0.1) is 0 Å². The van der Waals surface area contributed by atoms with E-state index in [-0.39, 0.29) is 17.0 Å². The molecule has 1 aromatic heterocycles. The Morgan fingerprint density at radius 3 is 2.84 bits per heavy atom. The molecule has 1 aromatic rings. The second kappa shape index (κ2) is 4.29. The third kappa shape index (κ3) is 1.77. The normalized spacial score (nSPS) is 26.2. The summed E-state index contributed by atoms with van der Waals surface area (Å²) >= 11 is 2.77. The lowest BCUT2D eigenvalue weighted by molar-refractivity contribution is -0.147. The van der Waals surface area contributed by atoms with Crippen molar-refractivity contribution in [2.24, 2.45) is 5.73 Å². The SMILES string of the molecule is Cc1nnc(C2=C(C(=O)O)N3C(=O)C(N)[C@@H]3SC2)s1. The summed E-state index contributed by atoms with van der Waals surface area (Å²) in [4.78, 5) is 24.4. The van der Waals surface area contributed by atoms with Gasteiger partial charge in [0, 0.05) is 11.3 Å². The highest BCUT2D eigenvalue weighted by Crippen LogP contribution is 2.42. The fraction of sp³-hybridized carbons (Fsp3) is 0.400. The van der Waals surface area contributed by atoms with E-state index in [1.54, 1.807) is 6.92 Å². The molecule has 2 atom stereocenters. The lowest BCUT2D eigenvalue weighted by Gasteiger charge is -2.47. The number of carboxylic acids is 1. The Labute approximate surface area is 116 Å². The number of rotatable bonds is 2. The molecule has 1 unspecified atom stereocenters. The van der Waals surface area contributed by atoms with E-state index in [1.165, 1.54) is 28.0 Å². The topological polar surface area (TPSA) is 109 Å². The van der Waals surface area contributed by atoms with E-state index in [0.717, 1.165) is 5.01 Å². The average Bonchev–Trinajstić information content (AvgIpc) is 2.82. The molecule has 1 amide bonds. The summed E-state index contributed by atoms with van der Waals surface area (Å²) in [7, 11) is 0. The maximum atomic E-state index is 11.8. The number of nitrogens with zero attached hydrogens (tertiary/aromatic N) is 3. The van der Waals surface area contributed by atoms with Crippen LogP contribution in [0, 0.1) is 6.92 Å². The largest absolute Gasteiger partial charge is 0.477 e. The van der Waals surface area contributed by atoms with E-state index >= 15 is 0 Å². The van der Waals surface area contributed by atoms with Gasteiger partial charge in [0.2, 0.25) is 5.91 Å². The summed E-state index contributed by atoms with van der Waals surface area (Å²) in [5, 5.41) is 18.2. The van der Waals surface area contributed by atoms with Crippen LogP contribution in [0.1, 0.15) is 10.0 Å². The van der Waals surface area contributed by atoms with Crippen LogP contribution in [0.15, 0.2) is 5.70 Å². The summed E-state index contributed by atoms with van der Waals surface area (Å²) in [6.07, 6.45) is 0. The molecule has 0 bridgehead atoms. The molecule has 0 spiro atoms. The average molecular weight is 298 g/mol. The van der Waals surface area contributed by atoms with Gasteiger partial charge < -0.3 is 10.8 Å². The number of aromatic nitrogens is 2. The third-order valence-electron chi connectivity index (χ3n) is 3.00. The molecule has 9 heteroatoms. The minimum Gasteiger partial charge on any atom is -0.477 e. The van der Waals surface area contributed by atoms with Gasteiger partial charge in [0.1, 0.15) is 27.1 Å². The second-order valence-electron chi connectivity index (χ2n) is 4.19. The van der Waals surface area contributed by atoms with Crippen LogP contribution in [0.3, 0.4) is 0 Å². The second-order valence-corrected chi connectivity index (χ2v) is 6.48. The number of hydrogen-bond acceptors (Lipinski definition) is 7. The molecular weight excluding hydrogens is 288 g/mol. The summed E-state index contributed by atoms with van der Waals surface area (Å²) in [5.41, 5.74) is 6.21. The standard InChI is InChI=1S/C10H10N4O3S2/c1-3-12-13-7(19-3)4-2-18-9-5(11)8(15)14(9)6(4)10(16)17/h5,9H,2,11H2,1H3,(H,16,17)/t5?,9-/m0/s1. The smallest absolute Gasteiger partial charge is 0.353 e. The van der Waals surface area contributed by atoms with Crippen LogP contribution in [0.25, 0.3) is 5.57 Å². The van der Waals surface area contributed by atoms with Gasteiger partial charge in [-0.25, -0.2) is 4.79 Å². The molecule has 1 saturated heterocycles. The summed E-state index contributed by atoms with van der Waals surface area (Å²) in [5.74, 6) is -1.01. The molecule has 2 aliphatic heterocycles. The van der Waals surface area contributed by atoms with Gasteiger partial charge in [-0.15, -0.1) is 22.0 Å². The van der Waals surface area contributed by atoms with E-state index in [2.05, 4.69) is 10.2 Å². The highest BCUT2D eigenvalue weighted by atomic mass is 32.2. The molecule has 19 heavy (non-hydrogen) atoms. The van der Waals surface area contributed by atoms with Crippen LogP contribution in [0.2, 0.25) is 0 Å². The maximum absolute atomic E-state index is 11.8. The minimum absolute atomic E-state index is 0.00778. The summed E-state index contributed by atoms with van der Waals surface area (Å²) in [6.45, 7) is 1.80. The van der Waals surface area contributed by atoms with Crippen molar-refractivity contribution in [2.75, 3.05) is 5.75 Å². The monoisotopic (exact) mass is 298 g/mol. The van der Waals surface area contributed by atoms with Crippen molar-refractivity contribution in [1.82, 2.24) is 15.1 Å². The van der Waals surface area contributed by atoms with Crippen molar-refractivity contribution in [3.8, 4) is 0 Å². The lowest BCUT2D eigenvalue weighted by Crippen LogP contribution is -2.68. The fourth-order valence-corrected chi connectivity index (χ4v) is 4.22. The number of carbonyl (C=O) groups excluding carboxylic acids is 1. The number of carboxylic acid groups (broad SMARTS) is 1. The number of hydrogen-bond donors (Lipinski definition) is 2. The van der Waals surface area contributed by atoms with E-state index in [4.69, 9.17) is 5.73 Å². The van der Waals surface area contributed by atoms with Crippen LogP contribution in [0.5, 0.6) is 0 Å². The number of aliphatic carboxylic acids is 1. The first-order valence-corrected chi connectivity index (χ1v) is 7.34. The van der Waals surface area contributed by atoms with E-state index < -0.39 is 12.0 Å². The van der Waals surface area contributed by atoms with E-state index in [9.17, 15) is 14.7 Å². The Kier molecular flexibility index (Phi) is 2.84. The highest BCUT2D eigenvalue weighted by molar-refractivity contribution is 8.00. The summed E-state index contributed by atoms with van der Waals surface area (Å²) in [6, 6.07) is -0.614. The highest BCUT2D eigenvalue weighted by Gasteiger charge is 2.52. The van der Waals surface area contributed by atoms with Crippen LogP contribution in [-0.2, 0) is 9.59 Å². The fourth-order valence-electron chi connectivity index (χ4n) is 2.10. The molecule has 0 aromatic carbocycles. The van der Waals surface area contributed by atoms with E-state index in [1.807, 2.05) is 0 Å². The van der Waals surface area contributed by atoms with Gasteiger partial charge in [-0.3, -0.25) is 9.69 Å². The van der Waals surface area contributed by atoms with Gasteiger partial charge in [0.25, 0.3) is 0 Å². The first-order chi connectivity index (χ1) is 9.00. The number of nitrogens with two attached hydrogens (primary N) is 1. The first-order valence-electron chi connectivity index (χ1n) is 5.48. The molecule has 2 aliphatic rings. The zero-order valence-corrected chi connectivity index (χ0v) is 11.5. The van der Waals surface area contributed by atoms with Crippen molar-refractivity contribution in [3.63, 3.8) is 0 Å². The minimum atomic E-state index is -1.13. The van der Waals surface area contributed by atoms with E-state index in [0.29, 0.717) is 16.3 Å². The number of thioether (sulfide) groups is 1. The number of amides is 1. The first kappa shape index (κ1) is 12.6. The number of β-lactam (4-membered cyclic amide) rings is 1. The van der Waals surface area contributed by atoms with Crippen molar-refractivity contribution < 1.29 is 14.7 Å². The van der Waals surface area contributed by atoms with Crippen LogP contribution in [-0.4, -0.2) is 49.2 Å². The van der Waals surface area contributed by atoms with Crippen molar-refractivity contribution in [2.45, 2.75) is 18.3 Å². The molecule has 100 valence electrons. The Hall–Kier alpha value is -1.45. The number of aryl methyl sites for hydroxylation is 1. The van der Waals surface area contributed by atoms with Crippen LogP contribution >= 0.6 is 23.1 Å². The predicted molar refractivity (Wildman–Crippen MR) is 70.3 cm³/mol. The molecule has 3 heterocycles. The quantitative estimate of drug-likeness (QED) is 0.733. The van der Waals surface area contributed by atoms with Crippen molar-refractivity contribution in [1.29, 1.82) is 0 Å². The van der Waals surface area contributed by atoms with Gasteiger partial charge in [-0.2, -0.15) is 0 Å². The molecule has 0 radical (unpaired) electrons. The summed E-state index contributed by atoms with van der Waals surface area (Å²) < 4.78 is 0. The predicted octanol–water partition coefficient (Wildman–Crippen LogP) is -0.115. The van der Waals surface area contributed by atoms with Crippen LogP contribution < -0.4 is 5.73 Å². The van der Waals surface area contributed by atoms with Crippen molar-refractivity contribution >= 4 is 40.5 Å². The van der Waals surface area contributed by atoms with Crippen LogP contribution in [0.4, 0.5) is 0 Å². The zero-order valence-electron chi connectivity index (χ0n) is 9.86. The lowest BCUT2D eigenvalue weighted by atomic mass is 10.0. The Balaban J connectivity index is 2.09. The molecule has 0 aliphatic carbocycles. The molecule has 1 fully saturated rings. The molecular formula is C10H10N4O3S2. The van der Waals surface area contributed by atoms with Gasteiger partial charge in [-0.1, -0.05) is 11.3 Å². The Morgan fingerprint density at radius 1 is 1.53 bits per heavy atom. The maximum Gasteiger partial charge on any atom is 0.353 e. The van der Waals surface area contributed by atoms with Gasteiger partial charge in [0.15, 0.2) is 0 Å². The number of fused-ring (bicyclic) bond motifs is 1.